The molecule has 3 rings (SSSR count). The molecule has 0 radical (unpaired) electrons. The van der Waals surface area contributed by atoms with Crippen molar-refractivity contribution >= 4 is 0 Å². The van der Waals surface area contributed by atoms with E-state index in [0.29, 0.717) is 0 Å². The van der Waals surface area contributed by atoms with E-state index in [9.17, 15) is 0 Å². The van der Waals surface area contributed by atoms with Crippen molar-refractivity contribution in [2.24, 2.45) is 0 Å². The van der Waals surface area contributed by atoms with Crippen LogP contribution in [0.3, 0.4) is 0 Å². The second kappa shape index (κ2) is 10.3. The van der Waals surface area contributed by atoms with E-state index < -0.39 is 0 Å². The third kappa shape index (κ3) is 5.96. The van der Waals surface area contributed by atoms with Crippen molar-refractivity contribution in [1.82, 2.24) is 10.2 Å². The van der Waals surface area contributed by atoms with Gasteiger partial charge in [-0.2, -0.15) is 0 Å². The Bertz CT molecular complexity index is 542. The SMILES string of the molecule is c1ccc(C(OCCCCCN2CCNCC2)c2ccccc2)cc1. The third-order valence-corrected chi connectivity index (χ3v) is 4.82. The number of benzene rings is 2. The van der Waals surface area contributed by atoms with Gasteiger partial charge in [0.05, 0.1) is 0 Å². The van der Waals surface area contributed by atoms with Gasteiger partial charge in [0.1, 0.15) is 6.10 Å². The van der Waals surface area contributed by atoms with E-state index in [0.717, 1.165) is 26.1 Å². The van der Waals surface area contributed by atoms with Gasteiger partial charge in [-0.15, -0.1) is 0 Å². The lowest BCUT2D eigenvalue weighted by Crippen LogP contribution is -2.43. The normalized spacial score (nSPS) is 15.6. The van der Waals surface area contributed by atoms with Gasteiger partial charge in [0.15, 0.2) is 0 Å². The number of piperazine rings is 1. The van der Waals surface area contributed by atoms with Gasteiger partial charge in [-0.25, -0.2) is 0 Å². The first-order valence-electron chi connectivity index (χ1n) is 9.58. The maximum Gasteiger partial charge on any atom is 0.108 e. The zero-order chi connectivity index (χ0) is 17.2. The summed E-state index contributed by atoms with van der Waals surface area (Å²) in [4.78, 5) is 2.56. The molecule has 2 aromatic rings. The fourth-order valence-electron chi connectivity index (χ4n) is 3.39. The smallest absolute Gasteiger partial charge is 0.108 e. The van der Waals surface area contributed by atoms with Crippen LogP contribution in [0.2, 0.25) is 0 Å². The van der Waals surface area contributed by atoms with Crippen molar-refractivity contribution in [2.75, 3.05) is 39.3 Å². The summed E-state index contributed by atoms with van der Waals surface area (Å²) in [6.45, 7) is 6.71. The first-order valence-corrected chi connectivity index (χ1v) is 9.58. The molecule has 0 saturated carbocycles. The Morgan fingerprint density at radius 3 is 2.00 bits per heavy atom. The van der Waals surface area contributed by atoms with Crippen LogP contribution in [0.4, 0.5) is 0 Å². The van der Waals surface area contributed by atoms with Crippen LogP contribution in [0.1, 0.15) is 36.5 Å². The minimum Gasteiger partial charge on any atom is -0.369 e. The summed E-state index contributed by atoms with van der Waals surface area (Å²) in [5, 5.41) is 3.41. The Hall–Kier alpha value is -1.68. The highest BCUT2D eigenvalue weighted by Gasteiger charge is 2.14. The van der Waals surface area contributed by atoms with E-state index in [2.05, 4.69) is 70.9 Å². The van der Waals surface area contributed by atoms with Gasteiger partial charge in [-0.05, 0) is 36.9 Å². The number of hydrogen-bond acceptors (Lipinski definition) is 3. The Labute approximate surface area is 152 Å². The van der Waals surface area contributed by atoms with E-state index >= 15 is 0 Å². The molecule has 0 unspecified atom stereocenters. The summed E-state index contributed by atoms with van der Waals surface area (Å²) in [6.07, 6.45) is 3.67. The standard InChI is InChI=1S/C22H30N2O/c1-4-10-20(11-5-1)22(21-12-6-2-7-13-21)25-19-9-3-8-16-24-17-14-23-15-18-24/h1-2,4-7,10-13,22-23H,3,8-9,14-19H2. The molecule has 0 aromatic heterocycles. The molecule has 2 aromatic carbocycles. The number of nitrogens with one attached hydrogen (secondary N) is 1. The predicted octanol–water partition coefficient (Wildman–Crippen LogP) is 3.87. The van der Waals surface area contributed by atoms with E-state index in [1.165, 1.54) is 43.6 Å². The molecule has 1 heterocycles. The van der Waals surface area contributed by atoms with Crippen molar-refractivity contribution < 1.29 is 4.74 Å². The second-order valence-electron chi connectivity index (χ2n) is 6.72. The van der Waals surface area contributed by atoms with Gasteiger partial charge >= 0.3 is 0 Å². The Kier molecular flexibility index (Phi) is 7.50. The van der Waals surface area contributed by atoms with Crippen LogP contribution in [0.15, 0.2) is 60.7 Å². The van der Waals surface area contributed by atoms with Crippen LogP contribution in [-0.2, 0) is 4.74 Å². The number of rotatable bonds is 9. The Morgan fingerprint density at radius 2 is 1.40 bits per heavy atom. The van der Waals surface area contributed by atoms with Crippen LogP contribution >= 0.6 is 0 Å². The summed E-state index contributed by atoms with van der Waals surface area (Å²) in [7, 11) is 0. The van der Waals surface area contributed by atoms with Crippen molar-refractivity contribution in [2.45, 2.75) is 25.4 Å². The molecule has 1 aliphatic rings. The average Bonchev–Trinajstić information content (AvgIpc) is 2.69. The fourth-order valence-corrected chi connectivity index (χ4v) is 3.39. The highest BCUT2D eigenvalue weighted by Crippen LogP contribution is 2.26. The van der Waals surface area contributed by atoms with Crippen molar-refractivity contribution in [3.63, 3.8) is 0 Å². The molecule has 1 N–H and O–H groups in total. The molecule has 0 atom stereocenters. The predicted molar refractivity (Wildman–Crippen MR) is 104 cm³/mol. The summed E-state index contributed by atoms with van der Waals surface area (Å²) >= 11 is 0. The molecule has 3 heteroatoms. The van der Waals surface area contributed by atoms with Gasteiger partial charge in [0.2, 0.25) is 0 Å². The number of ether oxygens (including phenoxy) is 1. The van der Waals surface area contributed by atoms with Crippen LogP contribution in [-0.4, -0.2) is 44.2 Å². The zero-order valence-electron chi connectivity index (χ0n) is 15.1. The van der Waals surface area contributed by atoms with Gasteiger partial charge in [-0.1, -0.05) is 60.7 Å². The quantitative estimate of drug-likeness (QED) is 0.703. The summed E-state index contributed by atoms with van der Waals surface area (Å²) < 4.78 is 6.28. The third-order valence-electron chi connectivity index (χ3n) is 4.82. The topological polar surface area (TPSA) is 24.5 Å². The molecule has 0 bridgehead atoms. The molecule has 25 heavy (non-hydrogen) atoms. The minimum absolute atomic E-state index is 0.0376. The first kappa shape index (κ1) is 18.1. The van der Waals surface area contributed by atoms with Crippen LogP contribution < -0.4 is 5.32 Å². The highest BCUT2D eigenvalue weighted by atomic mass is 16.5. The van der Waals surface area contributed by atoms with Crippen LogP contribution in [0.5, 0.6) is 0 Å². The van der Waals surface area contributed by atoms with Gasteiger partial charge < -0.3 is 15.0 Å². The van der Waals surface area contributed by atoms with Crippen molar-refractivity contribution in [1.29, 1.82) is 0 Å². The van der Waals surface area contributed by atoms with Gasteiger partial charge in [-0.3, -0.25) is 0 Å². The molecule has 1 aliphatic heterocycles. The van der Waals surface area contributed by atoms with E-state index in [1.54, 1.807) is 0 Å². The summed E-state index contributed by atoms with van der Waals surface area (Å²) in [6, 6.07) is 21.1. The maximum absolute atomic E-state index is 6.28. The molecule has 0 aliphatic carbocycles. The summed E-state index contributed by atoms with van der Waals surface area (Å²) in [5.74, 6) is 0. The first-order chi connectivity index (χ1) is 12.4. The molecule has 1 fully saturated rings. The largest absolute Gasteiger partial charge is 0.369 e. The zero-order valence-corrected chi connectivity index (χ0v) is 15.1. The molecule has 1 saturated heterocycles. The van der Waals surface area contributed by atoms with E-state index in [4.69, 9.17) is 4.74 Å². The average molecular weight is 338 g/mol. The maximum atomic E-state index is 6.28. The lowest BCUT2D eigenvalue weighted by atomic mass is 10.0. The number of hydrogen-bond donors (Lipinski definition) is 1. The van der Waals surface area contributed by atoms with Gasteiger partial charge in [0, 0.05) is 32.8 Å². The molecule has 3 nitrogen and oxygen atoms in total. The lowest BCUT2D eigenvalue weighted by molar-refractivity contribution is 0.0763. The Balaban J connectivity index is 1.43. The number of nitrogens with zero attached hydrogens (tertiary/aromatic N) is 1. The monoisotopic (exact) mass is 338 g/mol. The fraction of sp³-hybridized carbons (Fsp3) is 0.455. The summed E-state index contributed by atoms with van der Waals surface area (Å²) in [5.41, 5.74) is 2.46. The number of unbranched alkanes of at least 4 members (excludes halogenated alkanes) is 2. The Morgan fingerprint density at radius 1 is 0.800 bits per heavy atom. The molecule has 0 spiro atoms. The molecular formula is C22H30N2O. The lowest BCUT2D eigenvalue weighted by Gasteiger charge is -2.27. The second-order valence-corrected chi connectivity index (χ2v) is 6.72. The highest BCUT2D eigenvalue weighted by molar-refractivity contribution is 5.29. The van der Waals surface area contributed by atoms with E-state index in [1.807, 2.05) is 0 Å². The van der Waals surface area contributed by atoms with E-state index in [-0.39, 0.29) is 6.10 Å². The molecular weight excluding hydrogens is 308 g/mol. The van der Waals surface area contributed by atoms with Crippen LogP contribution in [0, 0.1) is 0 Å². The molecule has 0 amide bonds. The minimum atomic E-state index is 0.0376. The molecule has 134 valence electrons. The van der Waals surface area contributed by atoms with Crippen molar-refractivity contribution in [3.8, 4) is 0 Å². The van der Waals surface area contributed by atoms with Crippen molar-refractivity contribution in [3.05, 3.63) is 71.8 Å². The van der Waals surface area contributed by atoms with Crippen LogP contribution in [0.25, 0.3) is 0 Å². The van der Waals surface area contributed by atoms with Gasteiger partial charge in [0.25, 0.3) is 0 Å².